The van der Waals surface area contributed by atoms with Gasteiger partial charge in [0, 0.05) is 19.3 Å². The van der Waals surface area contributed by atoms with E-state index in [1.165, 1.54) is 141 Å². The van der Waals surface area contributed by atoms with Gasteiger partial charge in [-0.2, -0.15) is 0 Å². The number of hydrogen-bond acceptors (Lipinski definition) is 6. The van der Waals surface area contributed by atoms with Crippen LogP contribution < -0.4 is 0 Å². The summed E-state index contributed by atoms with van der Waals surface area (Å²) in [6, 6.07) is 0. The van der Waals surface area contributed by atoms with Crippen molar-refractivity contribution < 1.29 is 28.6 Å². The van der Waals surface area contributed by atoms with Crippen molar-refractivity contribution in [1.29, 1.82) is 0 Å². The average molecular weight is 1120 g/mol. The van der Waals surface area contributed by atoms with E-state index in [1.54, 1.807) is 0 Å². The van der Waals surface area contributed by atoms with Crippen LogP contribution in [0.25, 0.3) is 0 Å². The topological polar surface area (TPSA) is 78.9 Å². The first-order valence-electron chi connectivity index (χ1n) is 34.0. The van der Waals surface area contributed by atoms with Crippen LogP contribution in [0.2, 0.25) is 0 Å². The van der Waals surface area contributed by atoms with Gasteiger partial charge in [0.1, 0.15) is 13.2 Å². The molecular weight excluding hydrogens is 997 g/mol. The molecule has 0 spiro atoms. The van der Waals surface area contributed by atoms with E-state index in [9.17, 15) is 14.4 Å². The maximum absolute atomic E-state index is 12.9. The molecule has 1 unspecified atom stereocenters. The molecule has 0 N–H and O–H groups in total. The minimum Gasteiger partial charge on any atom is -0.462 e. The summed E-state index contributed by atoms with van der Waals surface area (Å²) in [5.41, 5.74) is 0. The maximum atomic E-state index is 12.9. The fraction of sp³-hybridized carbons (Fsp3) is 0.693. The Balaban J connectivity index is 4.38. The fourth-order valence-corrected chi connectivity index (χ4v) is 9.37. The number of allylic oxidation sites excluding steroid dienone is 20. The van der Waals surface area contributed by atoms with Crippen LogP contribution in [0.3, 0.4) is 0 Å². The summed E-state index contributed by atoms with van der Waals surface area (Å²) in [7, 11) is 0. The molecule has 6 heteroatoms. The van der Waals surface area contributed by atoms with Crippen LogP contribution in [-0.2, 0) is 28.6 Å². The van der Waals surface area contributed by atoms with Crippen LogP contribution >= 0.6 is 0 Å². The molecule has 0 aromatic heterocycles. The van der Waals surface area contributed by atoms with Crippen LogP contribution in [-0.4, -0.2) is 37.2 Å². The summed E-state index contributed by atoms with van der Waals surface area (Å²) < 4.78 is 17.0. The zero-order valence-electron chi connectivity index (χ0n) is 53.0. The van der Waals surface area contributed by atoms with E-state index >= 15 is 0 Å². The van der Waals surface area contributed by atoms with Crippen molar-refractivity contribution in [2.45, 2.75) is 322 Å². The number of carbonyl (C=O) groups is 3. The first-order chi connectivity index (χ1) is 40.0. The standard InChI is InChI=1S/C75H126O6/c1-4-7-10-13-16-19-22-25-28-30-32-33-34-35-36-37-38-39-40-41-43-44-47-50-53-56-59-62-65-68-74(77)80-71-72(70-79-73(76)67-64-61-58-55-52-49-46-27-24-21-18-15-12-9-6-3)81-75(78)69-66-63-60-57-54-51-48-45-42-31-29-26-23-20-17-14-11-8-5-2/h7,10,16-17,19-20,25-26,28-29,32-33,35-36,38-39,41-43,45,72H,4-6,8-9,11-15,18,21-24,27,30-31,34,37,40,44,46-71H2,1-3H3/b10-7-,19-16-,20-17-,28-25-,29-26-,33-32-,36-35-,39-38-,43-41-,45-42-. The Morgan fingerprint density at radius 3 is 0.778 bits per heavy atom. The van der Waals surface area contributed by atoms with Crippen molar-refractivity contribution in [3.8, 4) is 0 Å². The molecule has 0 fully saturated rings. The quantitative estimate of drug-likeness (QED) is 0.0261. The predicted molar refractivity (Wildman–Crippen MR) is 353 cm³/mol. The predicted octanol–water partition coefficient (Wildman–Crippen LogP) is 23.6. The van der Waals surface area contributed by atoms with Crippen LogP contribution in [0.5, 0.6) is 0 Å². The monoisotopic (exact) mass is 1120 g/mol. The highest BCUT2D eigenvalue weighted by Gasteiger charge is 2.19. The molecule has 0 aliphatic carbocycles. The highest BCUT2D eigenvalue weighted by molar-refractivity contribution is 5.71. The van der Waals surface area contributed by atoms with E-state index < -0.39 is 6.10 Å². The normalized spacial score (nSPS) is 12.9. The molecule has 0 aromatic carbocycles. The number of ether oxygens (including phenoxy) is 3. The molecule has 0 aliphatic rings. The molecule has 462 valence electrons. The Labute approximate surface area is 501 Å². The van der Waals surface area contributed by atoms with Gasteiger partial charge in [-0.3, -0.25) is 14.4 Å². The Morgan fingerprint density at radius 2 is 0.481 bits per heavy atom. The summed E-state index contributed by atoms with van der Waals surface area (Å²) in [6.07, 6.45) is 94.9. The second-order valence-electron chi connectivity index (χ2n) is 22.4. The molecule has 0 aliphatic heterocycles. The van der Waals surface area contributed by atoms with E-state index in [2.05, 4.69) is 142 Å². The number of rotatable bonds is 61. The molecule has 81 heavy (non-hydrogen) atoms. The first kappa shape index (κ1) is 76.8. The van der Waals surface area contributed by atoms with Crippen LogP contribution in [0, 0.1) is 0 Å². The molecular formula is C75H126O6. The van der Waals surface area contributed by atoms with Crippen molar-refractivity contribution in [2.75, 3.05) is 13.2 Å². The third kappa shape index (κ3) is 66.5. The summed E-state index contributed by atoms with van der Waals surface area (Å²) in [6.45, 7) is 6.51. The minimum atomic E-state index is -0.793. The van der Waals surface area contributed by atoms with Gasteiger partial charge in [-0.1, -0.05) is 303 Å². The van der Waals surface area contributed by atoms with E-state index in [1.807, 2.05) is 0 Å². The van der Waals surface area contributed by atoms with Gasteiger partial charge in [-0.25, -0.2) is 0 Å². The number of esters is 3. The molecule has 0 amide bonds. The van der Waals surface area contributed by atoms with E-state index in [4.69, 9.17) is 14.2 Å². The molecule has 0 aromatic rings. The third-order valence-electron chi connectivity index (χ3n) is 14.5. The minimum absolute atomic E-state index is 0.0862. The second kappa shape index (κ2) is 68.3. The summed E-state index contributed by atoms with van der Waals surface area (Å²) in [4.78, 5) is 38.4. The van der Waals surface area contributed by atoms with Crippen LogP contribution in [0.1, 0.15) is 316 Å². The van der Waals surface area contributed by atoms with Gasteiger partial charge >= 0.3 is 17.9 Å². The second-order valence-corrected chi connectivity index (χ2v) is 22.4. The molecule has 0 rings (SSSR count). The van der Waals surface area contributed by atoms with Crippen molar-refractivity contribution >= 4 is 17.9 Å². The molecule has 0 bridgehead atoms. The van der Waals surface area contributed by atoms with Gasteiger partial charge in [0.05, 0.1) is 0 Å². The van der Waals surface area contributed by atoms with Gasteiger partial charge in [0.15, 0.2) is 6.10 Å². The van der Waals surface area contributed by atoms with Crippen molar-refractivity contribution in [2.24, 2.45) is 0 Å². The van der Waals surface area contributed by atoms with Crippen molar-refractivity contribution in [3.05, 3.63) is 122 Å². The van der Waals surface area contributed by atoms with Gasteiger partial charge in [-0.15, -0.1) is 0 Å². The Hall–Kier alpha value is -4.19. The van der Waals surface area contributed by atoms with E-state index in [-0.39, 0.29) is 31.1 Å². The first-order valence-corrected chi connectivity index (χ1v) is 34.0. The highest BCUT2D eigenvalue weighted by atomic mass is 16.6. The van der Waals surface area contributed by atoms with Gasteiger partial charge in [-0.05, 0) is 116 Å². The number of unbranched alkanes of at least 4 members (excludes halogenated alkanes) is 30. The van der Waals surface area contributed by atoms with E-state index in [0.29, 0.717) is 19.3 Å². The highest BCUT2D eigenvalue weighted by Crippen LogP contribution is 2.16. The average Bonchev–Trinajstić information content (AvgIpc) is 3.47. The Morgan fingerprint density at radius 1 is 0.259 bits per heavy atom. The fourth-order valence-electron chi connectivity index (χ4n) is 9.37. The SMILES string of the molecule is CC/C=C\C/C=C\C/C=C\C/C=C\C/C=C\C/C=C\C/C=C\CCCCCCCCCC(=O)OCC(COC(=O)CCCCCCCCCCCCCCCCC)OC(=O)CCCCCCCC/C=C\C/C=C\C/C=C\CCCCC. The molecule has 1 atom stereocenters. The summed E-state index contributed by atoms with van der Waals surface area (Å²) in [5.74, 6) is -0.900. The lowest BCUT2D eigenvalue weighted by Gasteiger charge is -2.18. The lowest BCUT2D eigenvalue weighted by atomic mass is 10.0. The Kier molecular flexibility index (Phi) is 64.8. The van der Waals surface area contributed by atoms with Gasteiger partial charge in [0.2, 0.25) is 0 Å². The van der Waals surface area contributed by atoms with Gasteiger partial charge < -0.3 is 14.2 Å². The zero-order valence-corrected chi connectivity index (χ0v) is 53.0. The molecule has 6 nitrogen and oxygen atoms in total. The largest absolute Gasteiger partial charge is 0.462 e. The van der Waals surface area contributed by atoms with Crippen LogP contribution in [0.15, 0.2) is 122 Å². The van der Waals surface area contributed by atoms with Gasteiger partial charge in [0.25, 0.3) is 0 Å². The smallest absolute Gasteiger partial charge is 0.306 e. The maximum Gasteiger partial charge on any atom is 0.306 e. The number of carbonyl (C=O) groups excluding carboxylic acids is 3. The molecule has 0 saturated heterocycles. The Bertz CT molecular complexity index is 1670. The van der Waals surface area contributed by atoms with E-state index in [0.717, 1.165) is 135 Å². The van der Waals surface area contributed by atoms with Crippen molar-refractivity contribution in [1.82, 2.24) is 0 Å². The number of hydrogen-bond donors (Lipinski definition) is 0. The lowest BCUT2D eigenvalue weighted by Crippen LogP contribution is -2.30. The zero-order chi connectivity index (χ0) is 58.5. The summed E-state index contributed by atoms with van der Waals surface area (Å²) >= 11 is 0. The molecule has 0 radical (unpaired) electrons. The van der Waals surface area contributed by atoms with Crippen molar-refractivity contribution in [3.63, 3.8) is 0 Å². The third-order valence-corrected chi connectivity index (χ3v) is 14.5. The molecule has 0 saturated carbocycles. The lowest BCUT2D eigenvalue weighted by molar-refractivity contribution is -0.167. The summed E-state index contributed by atoms with van der Waals surface area (Å²) in [5, 5.41) is 0. The molecule has 0 heterocycles. The van der Waals surface area contributed by atoms with Crippen LogP contribution in [0.4, 0.5) is 0 Å².